The number of thiophene rings is 1. The second-order valence-corrected chi connectivity index (χ2v) is 5.87. The molecule has 0 atom stereocenters. The van der Waals surface area contributed by atoms with E-state index in [1.54, 1.807) is 11.3 Å². The van der Waals surface area contributed by atoms with Crippen LogP contribution in [0.25, 0.3) is 0 Å². The molecule has 2 aromatic heterocycles. The molecule has 2 heterocycles. The number of rotatable bonds is 4. The van der Waals surface area contributed by atoms with Crippen molar-refractivity contribution < 1.29 is 0 Å². The average molecular weight is 321 g/mol. The third-order valence-electron chi connectivity index (χ3n) is 2.12. The van der Waals surface area contributed by atoms with E-state index in [0.29, 0.717) is 0 Å². The van der Waals surface area contributed by atoms with Gasteiger partial charge >= 0.3 is 0 Å². The highest BCUT2D eigenvalue weighted by atomic mass is 79.9. The van der Waals surface area contributed by atoms with Crippen molar-refractivity contribution >= 4 is 44.6 Å². The van der Waals surface area contributed by atoms with E-state index in [4.69, 9.17) is 11.6 Å². The minimum atomic E-state index is 0.769. The molecule has 0 bridgehead atoms. The van der Waals surface area contributed by atoms with Crippen molar-refractivity contribution in [2.75, 3.05) is 5.32 Å². The van der Waals surface area contributed by atoms with Gasteiger partial charge in [-0.3, -0.25) is 4.68 Å². The highest BCUT2D eigenvalue weighted by Crippen LogP contribution is 2.32. The summed E-state index contributed by atoms with van der Waals surface area (Å²) in [6, 6.07) is 2.03. The van der Waals surface area contributed by atoms with Gasteiger partial charge in [0.15, 0.2) is 0 Å². The molecule has 2 aromatic rings. The van der Waals surface area contributed by atoms with Gasteiger partial charge in [-0.2, -0.15) is 5.10 Å². The third-order valence-corrected chi connectivity index (χ3v) is 4.59. The van der Waals surface area contributed by atoms with Crippen LogP contribution in [-0.4, -0.2) is 9.78 Å². The summed E-state index contributed by atoms with van der Waals surface area (Å²) in [6.07, 6.45) is 3.82. The monoisotopic (exact) mass is 319 g/mol. The summed E-state index contributed by atoms with van der Waals surface area (Å²) in [4.78, 5) is 1.20. The summed E-state index contributed by atoms with van der Waals surface area (Å²) < 4.78 is 3.64. The molecule has 86 valence electrons. The zero-order valence-corrected chi connectivity index (χ0v) is 11.9. The Labute approximate surface area is 112 Å². The van der Waals surface area contributed by atoms with Gasteiger partial charge in [-0.1, -0.05) is 11.6 Å². The quantitative estimate of drug-likeness (QED) is 0.923. The molecule has 1 N–H and O–H groups in total. The molecule has 0 amide bonds. The van der Waals surface area contributed by atoms with Gasteiger partial charge in [0.1, 0.15) is 4.34 Å². The maximum atomic E-state index is 5.97. The van der Waals surface area contributed by atoms with E-state index < -0.39 is 0 Å². The molecule has 0 aliphatic heterocycles. The SMILES string of the molecule is CCn1cc(NCc2cc(Br)c(Cl)s2)cn1. The van der Waals surface area contributed by atoms with Crippen LogP contribution in [0.2, 0.25) is 4.34 Å². The molecular weight excluding hydrogens is 310 g/mol. The number of nitrogens with zero attached hydrogens (tertiary/aromatic N) is 2. The van der Waals surface area contributed by atoms with E-state index in [1.165, 1.54) is 4.88 Å². The number of aromatic nitrogens is 2. The van der Waals surface area contributed by atoms with Crippen molar-refractivity contribution in [3.63, 3.8) is 0 Å². The summed E-state index contributed by atoms with van der Waals surface area (Å²) in [5.41, 5.74) is 1.03. The maximum absolute atomic E-state index is 5.97. The number of hydrogen-bond acceptors (Lipinski definition) is 3. The van der Waals surface area contributed by atoms with Crippen molar-refractivity contribution in [2.45, 2.75) is 20.0 Å². The molecule has 0 aromatic carbocycles. The number of hydrogen-bond donors (Lipinski definition) is 1. The molecule has 3 nitrogen and oxygen atoms in total. The molecule has 0 aliphatic rings. The molecule has 0 fully saturated rings. The van der Waals surface area contributed by atoms with Gasteiger partial charge in [0.2, 0.25) is 0 Å². The summed E-state index contributed by atoms with van der Waals surface area (Å²) in [5.74, 6) is 0. The zero-order chi connectivity index (χ0) is 11.5. The van der Waals surface area contributed by atoms with Crippen molar-refractivity contribution in [3.05, 3.63) is 32.1 Å². The molecule has 0 unspecified atom stereocenters. The number of nitrogens with one attached hydrogen (secondary N) is 1. The van der Waals surface area contributed by atoms with Gasteiger partial charge < -0.3 is 5.32 Å². The Balaban J connectivity index is 1.96. The smallest absolute Gasteiger partial charge is 0.107 e. The topological polar surface area (TPSA) is 29.9 Å². The normalized spacial score (nSPS) is 10.7. The van der Waals surface area contributed by atoms with Gasteiger partial charge in [-0.05, 0) is 28.9 Å². The lowest BCUT2D eigenvalue weighted by Gasteiger charge is -1.99. The van der Waals surface area contributed by atoms with E-state index in [2.05, 4.69) is 33.3 Å². The van der Waals surface area contributed by atoms with Crippen LogP contribution >= 0.6 is 38.9 Å². The first-order chi connectivity index (χ1) is 7.69. The Morgan fingerprint density at radius 1 is 1.62 bits per heavy atom. The van der Waals surface area contributed by atoms with E-state index in [0.717, 1.165) is 27.6 Å². The lowest BCUT2D eigenvalue weighted by Crippen LogP contribution is -1.96. The average Bonchev–Trinajstić information content (AvgIpc) is 2.84. The number of anilines is 1. The Morgan fingerprint density at radius 3 is 3.00 bits per heavy atom. The van der Waals surface area contributed by atoms with Gasteiger partial charge in [0.25, 0.3) is 0 Å². The second kappa shape index (κ2) is 5.21. The molecule has 0 saturated heterocycles. The predicted molar refractivity (Wildman–Crippen MR) is 72.3 cm³/mol. The largest absolute Gasteiger partial charge is 0.378 e. The van der Waals surface area contributed by atoms with Crippen molar-refractivity contribution in [3.8, 4) is 0 Å². The maximum Gasteiger partial charge on any atom is 0.107 e. The Bertz CT molecular complexity index is 461. The Kier molecular flexibility index (Phi) is 3.89. The molecule has 0 spiro atoms. The van der Waals surface area contributed by atoms with Crippen LogP contribution in [0.15, 0.2) is 22.9 Å². The van der Waals surface area contributed by atoms with Crippen LogP contribution in [0.4, 0.5) is 5.69 Å². The highest BCUT2D eigenvalue weighted by Gasteiger charge is 2.04. The van der Waals surface area contributed by atoms with Gasteiger partial charge in [0, 0.05) is 28.6 Å². The molecular formula is C10H11BrClN3S. The minimum absolute atomic E-state index is 0.769. The van der Waals surface area contributed by atoms with Crippen molar-refractivity contribution in [1.82, 2.24) is 9.78 Å². The van der Waals surface area contributed by atoms with Crippen LogP contribution in [0.3, 0.4) is 0 Å². The van der Waals surface area contributed by atoms with Gasteiger partial charge in [0.05, 0.1) is 11.9 Å². The van der Waals surface area contributed by atoms with Gasteiger partial charge in [-0.25, -0.2) is 0 Å². The fourth-order valence-electron chi connectivity index (χ4n) is 1.30. The van der Waals surface area contributed by atoms with Crippen molar-refractivity contribution in [2.24, 2.45) is 0 Å². The minimum Gasteiger partial charge on any atom is -0.378 e. The molecule has 16 heavy (non-hydrogen) atoms. The van der Waals surface area contributed by atoms with Crippen LogP contribution < -0.4 is 5.32 Å². The Hall–Kier alpha value is -0.520. The summed E-state index contributed by atoms with van der Waals surface area (Å²) in [5, 5.41) is 7.50. The van der Waals surface area contributed by atoms with Gasteiger partial charge in [-0.15, -0.1) is 11.3 Å². The van der Waals surface area contributed by atoms with Crippen LogP contribution in [0, 0.1) is 0 Å². The summed E-state index contributed by atoms with van der Waals surface area (Å²) >= 11 is 10.9. The number of halogens is 2. The standard InChI is InChI=1S/C10H11BrClN3S/c1-2-15-6-7(4-14-15)13-5-8-3-9(11)10(12)16-8/h3-4,6,13H,2,5H2,1H3. The first-order valence-electron chi connectivity index (χ1n) is 4.89. The van der Waals surface area contributed by atoms with Crippen LogP contribution in [-0.2, 0) is 13.1 Å². The third kappa shape index (κ3) is 2.78. The van der Waals surface area contributed by atoms with E-state index in [1.807, 2.05) is 23.1 Å². The first-order valence-corrected chi connectivity index (χ1v) is 6.88. The molecule has 2 rings (SSSR count). The lowest BCUT2D eigenvalue weighted by atomic mass is 10.4. The van der Waals surface area contributed by atoms with E-state index in [-0.39, 0.29) is 0 Å². The number of aryl methyl sites for hydroxylation is 1. The van der Waals surface area contributed by atoms with Crippen LogP contribution in [0.5, 0.6) is 0 Å². The fourth-order valence-corrected chi connectivity index (χ4v) is 3.03. The second-order valence-electron chi connectivity index (χ2n) is 3.27. The zero-order valence-electron chi connectivity index (χ0n) is 8.70. The highest BCUT2D eigenvalue weighted by molar-refractivity contribution is 9.10. The molecule has 0 radical (unpaired) electrons. The molecule has 6 heteroatoms. The van der Waals surface area contributed by atoms with E-state index in [9.17, 15) is 0 Å². The lowest BCUT2D eigenvalue weighted by molar-refractivity contribution is 0.660. The summed E-state index contributed by atoms with van der Waals surface area (Å²) in [7, 11) is 0. The molecule has 0 saturated carbocycles. The van der Waals surface area contributed by atoms with Crippen molar-refractivity contribution in [1.29, 1.82) is 0 Å². The fraction of sp³-hybridized carbons (Fsp3) is 0.300. The Morgan fingerprint density at radius 2 is 2.44 bits per heavy atom. The first kappa shape index (κ1) is 12.0. The van der Waals surface area contributed by atoms with E-state index >= 15 is 0 Å². The summed E-state index contributed by atoms with van der Waals surface area (Å²) in [6.45, 7) is 3.72. The molecule has 0 aliphatic carbocycles. The predicted octanol–water partition coefficient (Wildman–Crippen LogP) is 3.99. The van der Waals surface area contributed by atoms with Crippen LogP contribution in [0.1, 0.15) is 11.8 Å².